The molecule has 0 saturated carbocycles. The van der Waals surface area contributed by atoms with Crippen LogP contribution < -0.4 is 10.6 Å². The number of halogens is 1. The van der Waals surface area contributed by atoms with Crippen molar-refractivity contribution in [3.63, 3.8) is 0 Å². The molecule has 7 nitrogen and oxygen atoms in total. The average molecular weight is 261 g/mol. The fourth-order valence-corrected chi connectivity index (χ4v) is 1.66. The van der Waals surface area contributed by atoms with Crippen molar-refractivity contribution in [1.82, 2.24) is 15.6 Å². The summed E-state index contributed by atoms with van der Waals surface area (Å²) in [4.78, 5) is 24.0. The van der Waals surface area contributed by atoms with Crippen LogP contribution in [0.2, 0.25) is 0 Å². The molecule has 17 heavy (non-hydrogen) atoms. The van der Waals surface area contributed by atoms with Gasteiger partial charge in [0.25, 0.3) is 5.91 Å². The van der Waals surface area contributed by atoms with Crippen molar-refractivity contribution < 1.29 is 9.72 Å². The molecule has 0 spiro atoms. The van der Waals surface area contributed by atoms with Crippen LogP contribution in [-0.2, 0) is 0 Å². The number of amides is 1. The number of nitrogens with one attached hydrogen (secondary N) is 3. The Kier molecular flexibility index (Phi) is 4.47. The summed E-state index contributed by atoms with van der Waals surface area (Å²) in [6.45, 7) is 1.63. The standard InChI is InChI=1S/C9H12N4O3.ClH/c14-9(11-6-3-4-10-5-6)7-1-2-8(12-7)13(15)16;/h1-2,6,10,12H,3-5H2,(H,11,14);1H. The second-order valence-electron chi connectivity index (χ2n) is 3.68. The number of carbonyl (C=O) groups excluding carboxylic acids is 1. The highest BCUT2D eigenvalue weighted by molar-refractivity contribution is 5.93. The Morgan fingerprint density at radius 3 is 2.82 bits per heavy atom. The van der Waals surface area contributed by atoms with E-state index >= 15 is 0 Å². The van der Waals surface area contributed by atoms with E-state index in [4.69, 9.17) is 0 Å². The molecule has 0 bridgehead atoms. The van der Waals surface area contributed by atoms with E-state index in [0.717, 1.165) is 19.5 Å². The van der Waals surface area contributed by atoms with Crippen LogP contribution in [0.15, 0.2) is 12.1 Å². The van der Waals surface area contributed by atoms with Crippen LogP contribution in [0.3, 0.4) is 0 Å². The first-order valence-corrected chi connectivity index (χ1v) is 5.02. The zero-order chi connectivity index (χ0) is 11.5. The Bertz CT molecular complexity index is 414. The van der Waals surface area contributed by atoms with Crippen molar-refractivity contribution in [2.24, 2.45) is 0 Å². The first kappa shape index (κ1) is 13.5. The Morgan fingerprint density at radius 2 is 2.29 bits per heavy atom. The van der Waals surface area contributed by atoms with E-state index < -0.39 is 4.92 Å². The number of nitrogens with zero attached hydrogens (tertiary/aromatic N) is 1. The summed E-state index contributed by atoms with van der Waals surface area (Å²) in [6.07, 6.45) is 0.883. The molecule has 1 saturated heterocycles. The maximum atomic E-state index is 11.6. The zero-order valence-electron chi connectivity index (χ0n) is 8.93. The predicted molar refractivity (Wildman–Crippen MR) is 63.4 cm³/mol. The lowest BCUT2D eigenvalue weighted by atomic mass is 10.2. The van der Waals surface area contributed by atoms with Gasteiger partial charge in [0, 0.05) is 18.7 Å². The van der Waals surface area contributed by atoms with E-state index in [-0.39, 0.29) is 35.9 Å². The second kappa shape index (κ2) is 5.65. The highest BCUT2D eigenvalue weighted by Crippen LogP contribution is 2.10. The molecule has 1 fully saturated rings. The number of nitro groups is 1. The molecule has 1 aliphatic rings. The third-order valence-electron chi connectivity index (χ3n) is 2.51. The topological polar surface area (TPSA) is 100 Å². The summed E-state index contributed by atoms with van der Waals surface area (Å²) < 4.78 is 0. The van der Waals surface area contributed by atoms with Crippen LogP contribution in [-0.4, -0.2) is 34.9 Å². The molecule has 2 heterocycles. The van der Waals surface area contributed by atoms with Crippen LogP contribution in [0.1, 0.15) is 16.9 Å². The molecular formula is C9H13ClN4O3. The monoisotopic (exact) mass is 260 g/mol. The van der Waals surface area contributed by atoms with E-state index in [2.05, 4.69) is 15.6 Å². The number of carbonyl (C=O) groups is 1. The first-order valence-electron chi connectivity index (χ1n) is 5.02. The van der Waals surface area contributed by atoms with Gasteiger partial charge in [-0.3, -0.25) is 4.79 Å². The van der Waals surface area contributed by atoms with E-state index in [1.165, 1.54) is 12.1 Å². The van der Waals surface area contributed by atoms with Gasteiger partial charge in [-0.1, -0.05) is 0 Å². The molecule has 1 aliphatic heterocycles. The van der Waals surface area contributed by atoms with Gasteiger partial charge in [-0.05, 0) is 24.0 Å². The second-order valence-corrected chi connectivity index (χ2v) is 3.68. The summed E-state index contributed by atoms with van der Waals surface area (Å²) in [7, 11) is 0. The maximum Gasteiger partial charge on any atom is 0.321 e. The van der Waals surface area contributed by atoms with Crippen molar-refractivity contribution in [3.05, 3.63) is 27.9 Å². The Hall–Kier alpha value is -1.60. The van der Waals surface area contributed by atoms with Gasteiger partial charge in [0.2, 0.25) is 0 Å². The molecule has 1 aromatic heterocycles. The molecule has 1 unspecified atom stereocenters. The van der Waals surface area contributed by atoms with Gasteiger partial charge >= 0.3 is 5.82 Å². The number of H-pyrrole nitrogens is 1. The highest BCUT2D eigenvalue weighted by atomic mass is 35.5. The lowest BCUT2D eigenvalue weighted by molar-refractivity contribution is -0.389. The van der Waals surface area contributed by atoms with Gasteiger partial charge in [0.15, 0.2) is 5.69 Å². The van der Waals surface area contributed by atoms with E-state index in [1.807, 2.05) is 0 Å². The summed E-state index contributed by atoms with van der Waals surface area (Å²) in [5.41, 5.74) is 0.221. The van der Waals surface area contributed by atoms with Crippen molar-refractivity contribution in [1.29, 1.82) is 0 Å². The van der Waals surface area contributed by atoms with Gasteiger partial charge in [-0.25, -0.2) is 4.98 Å². The van der Waals surface area contributed by atoms with Gasteiger partial charge < -0.3 is 20.7 Å². The normalized spacial score (nSPS) is 18.5. The SMILES string of the molecule is Cl.O=C(NC1CCNC1)c1ccc([N+](=O)[O-])[nH]1. The molecule has 8 heteroatoms. The van der Waals surface area contributed by atoms with Crippen LogP contribution in [0, 0.1) is 10.1 Å². The van der Waals surface area contributed by atoms with Crippen molar-refractivity contribution in [2.45, 2.75) is 12.5 Å². The molecule has 0 aromatic carbocycles. The van der Waals surface area contributed by atoms with Crippen molar-refractivity contribution in [3.8, 4) is 0 Å². The summed E-state index contributed by atoms with van der Waals surface area (Å²) in [5.74, 6) is -0.475. The smallest absolute Gasteiger partial charge is 0.321 e. The van der Waals surface area contributed by atoms with Crippen molar-refractivity contribution in [2.75, 3.05) is 13.1 Å². The van der Waals surface area contributed by atoms with Gasteiger partial charge in [0.05, 0.1) is 0 Å². The molecule has 3 N–H and O–H groups in total. The first-order chi connectivity index (χ1) is 7.66. The van der Waals surface area contributed by atoms with Gasteiger partial charge in [0.1, 0.15) is 0 Å². The largest absolute Gasteiger partial charge is 0.358 e. The lowest BCUT2D eigenvalue weighted by Gasteiger charge is -2.08. The van der Waals surface area contributed by atoms with Crippen LogP contribution in [0.5, 0.6) is 0 Å². The number of rotatable bonds is 3. The minimum Gasteiger partial charge on any atom is -0.358 e. The third kappa shape index (κ3) is 3.18. The fourth-order valence-electron chi connectivity index (χ4n) is 1.66. The molecule has 0 aliphatic carbocycles. The molecule has 1 amide bonds. The van der Waals surface area contributed by atoms with E-state index in [0.29, 0.717) is 0 Å². The molecule has 1 atom stereocenters. The molecular weight excluding hydrogens is 248 g/mol. The highest BCUT2D eigenvalue weighted by Gasteiger charge is 2.20. The molecule has 0 radical (unpaired) electrons. The number of hydrogen-bond acceptors (Lipinski definition) is 4. The van der Waals surface area contributed by atoms with Crippen molar-refractivity contribution >= 4 is 24.1 Å². The molecule has 94 valence electrons. The predicted octanol–water partition coefficient (Wildman–Crippen LogP) is 0.436. The summed E-state index contributed by atoms with van der Waals surface area (Å²) in [6, 6.07) is 2.80. The van der Waals surface area contributed by atoms with Gasteiger partial charge in [-0.15, -0.1) is 12.4 Å². The fraction of sp³-hybridized carbons (Fsp3) is 0.444. The number of aromatic amines is 1. The number of hydrogen-bond donors (Lipinski definition) is 3. The van der Waals surface area contributed by atoms with Crippen LogP contribution in [0.4, 0.5) is 5.82 Å². The zero-order valence-corrected chi connectivity index (χ0v) is 9.75. The quantitative estimate of drug-likeness (QED) is 0.542. The van der Waals surface area contributed by atoms with E-state index in [9.17, 15) is 14.9 Å². The Balaban J connectivity index is 0.00000144. The maximum absolute atomic E-state index is 11.6. The minimum absolute atomic E-state index is 0. The molecule has 2 rings (SSSR count). The third-order valence-corrected chi connectivity index (χ3v) is 2.51. The molecule has 1 aromatic rings. The Labute approximate surface area is 104 Å². The Morgan fingerprint density at radius 1 is 1.53 bits per heavy atom. The van der Waals surface area contributed by atoms with E-state index in [1.54, 1.807) is 0 Å². The minimum atomic E-state index is -0.562. The average Bonchev–Trinajstić information content (AvgIpc) is 2.86. The van der Waals surface area contributed by atoms with Gasteiger partial charge in [-0.2, -0.15) is 0 Å². The number of aromatic nitrogens is 1. The van der Waals surface area contributed by atoms with Crippen LogP contribution >= 0.6 is 12.4 Å². The summed E-state index contributed by atoms with van der Waals surface area (Å²) >= 11 is 0. The lowest BCUT2D eigenvalue weighted by Crippen LogP contribution is -2.36. The van der Waals surface area contributed by atoms with Crippen LogP contribution in [0.25, 0.3) is 0 Å². The summed E-state index contributed by atoms with van der Waals surface area (Å²) in [5, 5.41) is 16.3.